The van der Waals surface area contributed by atoms with Gasteiger partial charge in [-0.3, -0.25) is 4.99 Å². The highest BCUT2D eigenvalue weighted by atomic mass is 35.5. The molecule has 3 aromatic rings. The first-order valence-electron chi connectivity index (χ1n) is 9.81. The molecular weight excluding hydrogens is 429 g/mol. The minimum Gasteiger partial charge on any atom is -0.493 e. The second-order valence-corrected chi connectivity index (χ2v) is 7.89. The third kappa shape index (κ3) is 4.84. The van der Waals surface area contributed by atoms with Crippen LogP contribution in [0, 0.1) is 0 Å². The van der Waals surface area contributed by atoms with E-state index in [0.29, 0.717) is 15.8 Å². The number of benzene rings is 3. The normalized spacial score (nSPS) is 13.3. The van der Waals surface area contributed by atoms with Crippen molar-refractivity contribution in [1.29, 1.82) is 0 Å². The first-order chi connectivity index (χ1) is 15.1. The molecule has 0 bridgehead atoms. The van der Waals surface area contributed by atoms with Crippen LogP contribution < -0.4 is 9.47 Å². The Balaban J connectivity index is 1.47. The molecule has 31 heavy (non-hydrogen) atoms. The van der Waals surface area contributed by atoms with Gasteiger partial charge in [0.05, 0.1) is 24.9 Å². The summed E-state index contributed by atoms with van der Waals surface area (Å²) in [6.45, 7) is 0. The number of rotatable bonds is 6. The summed E-state index contributed by atoms with van der Waals surface area (Å²) in [6.07, 6.45) is 6.96. The van der Waals surface area contributed by atoms with Crippen molar-refractivity contribution in [2.45, 2.75) is 6.42 Å². The number of halogens is 2. The van der Waals surface area contributed by atoms with Crippen molar-refractivity contribution in [3.63, 3.8) is 0 Å². The topological polar surface area (TPSA) is 30.8 Å². The van der Waals surface area contributed by atoms with Crippen molar-refractivity contribution in [1.82, 2.24) is 0 Å². The SMILES string of the molecule is COc1ccc(-c2ccc(/C=C/C3=NC(c4ccc(Cl)cc4Cl)=CC3)cc2)cc1OC. The molecule has 1 aliphatic heterocycles. The second kappa shape index (κ2) is 9.42. The molecule has 0 spiro atoms. The van der Waals surface area contributed by atoms with Crippen LogP contribution in [0.2, 0.25) is 10.0 Å². The van der Waals surface area contributed by atoms with Crippen LogP contribution in [0.15, 0.2) is 77.8 Å². The van der Waals surface area contributed by atoms with Crippen molar-refractivity contribution < 1.29 is 9.47 Å². The average Bonchev–Trinajstić information content (AvgIpc) is 3.26. The third-order valence-electron chi connectivity index (χ3n) is 5.07. The van der Waals surface area contributed by atoms with Gasteiger partial charge in [-0.1, -0.05) is 65.7 Å². The smallest absolute Gasteiger partial charge is 0.161 e. The van der Waals surface area contributed by atoms with E-state index in [1.54, 1.807) is 20.3 Å². The Kier molecular flexibility index (Phi) is 6.45. The zero-order valence-electron chi connectivity index (χ0n) is 17.2. The predicted molar refractivity (Wildman–Crippen MR) is 131 cm³/mol. The third-order valence-corrected chi connectivity index (χ3v) is 5.62. The maximum atomic E-state index is 6.30. The number of nitrogens with zero attached hydrogens (tertiary/aromatic N) is 1. The molecule has 0 saturated heterocycles. The van der Waals surface area contributed by atoms with Crippen LogP contribution in [-0.2, 0) is 0 Å². The van der Waals surface area contributed by atoms with Gasteiger partial charge in [0.1, 0.15) is 0 Å². The molecule has 0 amide bonds. The van der Waals surface area contributed by atoms with E-state index >= 15 is 0 Å². The van der Waals surface area contributed by atoms with Gasteiger partial charge in [-0.25, -0.2) is 0 Å². The number of aliphatic imine (C=N–C) groups is 1. The van der Waals surface area contributed by atoms with Crippen LogP contribution in [0.3, 0.4) is 0 Å². The maximum Gasteiger partial charge on any atom is 0.161 e. The zero-order chi connectivity index (χ0) is 21.8. The second-order valence-electron chi connectivity index (χ2n) is 7.05. The van der Waals surface area contributed by atoms with Crippen LogP contribution in [0.25, 0.3) is 22.9 Å². The largest absolute Gasteiger partial charge is 0.493 e. The van der Waals surface area contributed by atoms with Gasteiger partial charge in [0.15, 0.2) is 11.5 Å². The Labute approximate surface area is 192 Å². The van der Waals surface area contributed by atoms with Gasteiger partial charge in [-0.15, -0.1) is 0 Å². The molecule has 0 atom stereocenters. The minimum absolute atomic E-state index is 0.610. The Bertz CT molecular complexity index is 1190. The highest BCUT2D eigenvalue weighted by Crippen LogP contribution is 2.33. The van der Waals surface area contributed by atoms with Gasteiger partial charge < -0.3 is 9.47 Å². The summed E-state index contributed by atoms with van der Waals surface area (Å²) >= 11 is 12.3. The molecule has 0 radical (unpaired) electrons. The fraction of sp³-hybridized carbons (Fsp3) is 0.115. The van der Waals surface area contributed by atoms with Crippen LogP contribution in [0.4, 0.5) is 0 Å². The Hall–Kier alpha value is -3.01. The zero-order valence-corrected chi connectivity index (χ0v) is 18.7. The number of ether oxygens (including phenoxy) is 2. The van der Waals surface area contributed by atoms with Crippen LogP contribution >= 0.6 is 23.2 Å². The molecule has 0 aromatic heterocycles. The lowest BCUT2D eigenvalue weighted by molar-refractivity contribution is 0.355. The maximum absolute atomic E-state index is 6.30. The highest BCUT2D eigenvalue weighted by molar-refractivity contribution is 6.35. The van der Waals surface area contributed by atoms with Crippen molar-refractivity contribution >= 4 is 40.7 Å². The van der Waals surface area contributed by atoms with Crippen LogP contribution in [0.5, 0.6) is 11.5 Å². The van der Waals surface area contributed by atoms with Gasteiger partial charge in [-0.2, -0.15) is 0 Å². The van der Waals surface area contributed by atoms with E-state index in [2.05, 4.69) is 36.4 Å². The van der Waals surface area contributed by atoms with Crippen molar-refractivity contribution in [2.24, 2.45) is 4.99 Å². The molecule has 1 aliphatic rings. The Morgan fingerprint density at radius 2 is 1.55 bits per heavy atom. The van der Waals surface area contributed by atoms with Crippen molar-refractivity contribution in [3.05, 3.63) is 94.0 Å². The summed E-state index contributed by atoms with van der Waals surface area (Å²) in [6, 6.07) is 19.7. The fourth-order valence-electron chi connectivity index (χ4n) is 3.41. The first kappa shape index (κ1) is 21.2. The lowest BCUT2D eigenvalue weighted by atomic mass is 10.0. The minimum atomic E-state index is 0.610. The van der Waals surface area contributed by atoms with Gasteiger partial charge in [0.2, 0.25) is 0 Å². The molecule has 0 unspecified atom stereocenters. The number of allylic oxidation sites excluding steroid dienone is 2. The summed E-state index contributed by atoms with van der Waals surface area (Å²) in [5, 5.41) is 1.23. The highest BCUT2D eigenvalue weighted by Gasteiger charge is 2.12. The average molecular weight is 450 g/mol. The van der Waals surface area contributed by atoms with Gasteiger partial charge >= 0.3 is 0 Å². The van der Waals surface area contributed by atoms with E-state index < -0.39 is 0 Å². The van der Waals surface area contributed by atoms with Crippen LogP contribution in [0.1, 0.15) is 17.5 Å². The lowest BCUT2D eigenvalue weighted by Gasteiger charge is -2.10. The predicted octanol–water partition coefficient (Wildman–Crippen LogP) is 7.58. The molecule has 3 aromatic carbocycles. The van der Waals surface area contributed by atoms with E-state index in [4.69, 9.17) is 37.7 Å². The monoisotopic (exact) mass is 449 g/mol. The Morgan fingerprint density at radius 3 is 2.26 bits per heavy atom. The number of hydrogen-bond acceptors (Lipinski definition) is 3. The van der Waals surface area contributed by atoms with Crippen molar-refractivity contribution in [3.8, 4) is 22.6 Å². The van der Waals surface area contributed by atoms with E-state index in [0.717, 1.165) is 45.8 Å². The van der Waals surface area contributed by atoms with Crippen LogP contribution in [-0.4, -0.2) is 19.9 Å². The number of hydrogen-bond donors (Lipinski definition) is 0. The summed E-state index contributed by atoms with van der Waals surface area (Å²) in [7, 11) is 3.28. The van der Waals surface area contributed by atoms with Crippen molar-refractivity contribution in [2.75, 3.05) is 14.2 Å². The van der Waals surface area contributed by atoms with Gasteiger partial charge in [-0.05, 0) is 53.1 Å². The quantitative estimate of drug-likeness (QED) is 0.388. The summed E-state index contributed by atoms with van der Waals surface area (Å²) in [5.74, 6) is 1.43. The molecule has 0 fully saturated rings. The van der Waals surface area contributed by atoms with Gasteiger partial charge in [0, 0.05) is 22.7 Å². The molecule has 0 N–H and O–H groups in total. The lowest BCUT2D eigenvalue weighted by Crippen LogP contribution is -1.90. The van der Waals surface area contributed by atoms with E-state index in [1.807, 2.05) is 36.4 Å². The first-order valence-corrected chi connectivity index (χ1v) is 10.6. The standard InChI is InChI=1S/C26H21Cl2NO2/c1-30-25-14-8-19(15-26(25)31-2)18-6-3-17(4-7-18)5-10-21-11-13-24(29-21)22-12-9-20(27)16-23(22)28/h3-10,12-16H,11H2,1-2H3/b10-5+. The molecule has 1 heterocycles. The molecule has 0 saturated carbocycles. The summed E-state index contributed by atoms with van der Waals surface area (Å²) in [5.41, 5.74) is 6.05. The molecule has 156 valence electrons. The van der Waals surface area contributed by atoms with E-state index in [-0.39, 0.29) is 0 Å². The fourth-order valence-corrected chi connectivity index (χ4v) is 3.92. The molecule has 5 heteroatoms. The molecule has 3 nitrogen and oxygen atoms in total. The summed E-state index contributed by atoms with van der Waals surface area (Å²) < 4.78 is 10.7. The Morgan fingerprint density at radius 1 is 0.806 bits per heavy atom. The van der Waals surface area contributed by atoms with Gasteiger partial charge in [0.25, 0.3) is 0 Å². The molecule has 0 aliphatic carbocycles. The summed E-state index contributed by atoms with van der Waals surface area (Å²) in [4.78, 5) is 4.70. The van der Waals surface area contributed by atoms with E-state index in [9.17, 15) is 0 Å². The molecular formula is C26H21Cl2NO2. The molecule has 4 rings (SSSR count). The number of methoxy groups -OCH3 is 2. The van der Waals surface area contributed by atoms with E-state index in [1.165, 1.54) is 0 Å².